The highest BCUT2D eigenvalue weighted by Gasteiger charge is 1.97. The summed E-state index contributed by atoms with van der Waals surface area (Å²) in [5.74, 6) is 0. The van der Waals surface area contributed by atoms with Crippen molar-refractivity contribution in [2.75, 3.05) is 17.5 Å². The highest BCUT2D eigenvalue weighted by atomic mass is 127. The number of aromatic nitrogens is 2. The summed E-state index contributed by atoms with van der Waals surface area (Å²) in [7, 11) is 2.00. The first-order valence-electron chi connectivity index (χ1n) is 6.08. The second kappa shape index (κ2) is 8.98. The summed E-state index contributed by atoms with van der Waals surface area (Å²) in [4.78, 5) is 0. The molecule has 16 heavy (non-hydrogen) atoms. The zero-order chi connectivity index (χ0) is 11.6. The normalized spacial score (nSPS) is 10.9. The number of nitrogens with zero attached hydrogens (tertiary/aromatic N) is 2. The van der Waals surface area contributed by atoms with Gasteiger partial charge in [0.05, 0.1) is 0 Å². The second-order valence-electron chi connectivity index (χ2n) is 4.05. The molecule has 0 aliphatic rings. The zero-order valence-electron chi connectivity index (χ0n) is 10.1. The van der Waals surface area contributed by atoms with E-state index in [0.29, 0.717) is 0 Å². The van der Waals surface area contributed by atoms with Gasteiger partial charge in [0.2, 0.25) is 0 Å². The van der Waals surface area contributed by atoms with Gasteiger partial charge < -0.3 is 5.32 Å². The van der Waals surface area contributed by atoms with E-state index in [9.17, 15) is 0 Å². The number of hydrogen-bond donors (Lipinski definition) is 1. The fraction of sp³-hybridized carbons (Fsp3) is 0.750. The number of rotatable bonds is 9. The summed E-state index contributed by atoms with van der Waals surface area (Å²) in [5.41, 5.74) is 1.30. The van der Waals surface area contributed by atoms with E-state index in [-0.39, 0.29) is 0 Å². The van der Waals surface area contributed by atoms with E-state index in [4.69, 9.17) is 0 Å². The van der Waals surface area contributed by atoms with Gasteiger partial charge in [0.25, 0.3) is 0 Å². The van der Waals surface area contributed by atoms with Crippen LogP contribution in [0.25, 0.3) is 0 Å². The Morgan fingerprint density at radius 3 is 2.75 bits per heavy atom. The summed E-state index contributed by atoms with van der Waals surface area (Å²) in [6.07, 6.45) is 8.36. The van der Waals surface area contributed by atoms with Crippen molar-refractivity contribution in [2.24, 2.45) is 7.05 Å². The first-order valence-corrected chi connectivity index (χ1v) is 7.60. The third-order valence-corrected chi connectivity index (χ3v) is 3.48. The highest BCUT2D eigenvalue weighted by Crippen LogP contribution is 2.01. The van der Waals surface area contributed by atoms with Crippen molar-refractivity contribution < 1.29 is 0 Å². The number of alkyl halides is 1. The molecule has 0 aliphatic heterocycles. The molecule has 1 rings (SSSR count). The van der Waals surface area contributed by atoms with Crippen LogP contribution in [0.15, 0.2) is 12.3 Å². The van der Waals surface area contributed by atoms with Crippen LogP contribution in [0.3, 0.4) is 0 Å². The maximum absolute atomic E-state index is 4.15. The molecule has 0 aliphatic carbocycles. The van der Waals surface area contributed by atoms with Crippen molar-refractivity contribution in [1.82, 2.24) is 15.1 Å². The van der Waals surface area contributed by atoms with E-state index in [1.165, 1.54) is 35.8 Å². The van der Waals surface area contributed by atoms with Crippen LogP contribution in [0.2, 0.25) is 0 Å². The van der Waals surface area contributed by atoms with Gasteiger partial charge in [-0.3, -0.25) is 4.68 Å². The summed E-state index contributed by atoms with van der Waals surface area (Å²) < 4.78 is 3.24. The van der Waals surface area contributed by atoms with Crippen molar-refractivity contribution in [3.05, 3.63) is 18.0 Å². The molecular formula is C12H22IN3. The van der Waals surface area contributed by atoms with Crippen LogP contribution in [-0.4, -0.2) is 27.3 Å². The van der Waals surface area contributed by atoms with E-state index >= 15 is 0 Å². The first-order chi connectivity index (χ1) is 7.84. The summed E-state index contributed by atoms with van der Waals surface area (Å²) >= 11 is 2.45. The molecule has 0 radical (unpaired) electrons. The molecule has 0 atom stereocenters. The standard InChI is InChI=1S/C12H22IN3/c1-16-12(7-11-15-16)6-10-14-9-5-3-2-4-8-13/h7,11,14H,2-6,8-10H2,1H3. The van der Waals surface area contributed by atoms with Gasteiger partial charge in [0.15, 0.2) is 0 Å². The van der Waals surface area contributed by atoms with Crippen LogP contribution in [-0.2, 0) is 13.5 Å². The van der Waals surface area contributed by atoms with Crippen LogP contribution in [0.5, 0.6) is 0 Å². The molecule has 1 N–H and O–H groups in total. The van der Waals surface area contributed by atoms with Crippen molar-refractivity contribution in [3.63, 3.8) is 0 Å². The maximum Gasteiger partial charge on any atom is 0.0492 e. The van der Waals surface area contributed by atoms with Gasteiger partial charge >= 0.3 is 0 Å². The maximum atomic E-state index is 4.15. The van der Waals surface area contributed by atoms with Gasteiger partial charge in [-0.05, 0) is 29.9 Å². The van der Waals surface area contributed by atoms with E-state index in [2.05, 4.69) is 39.1 Å². The molecule has 0 unspecified atom stereocenters. The number of aryl methyl sites for hydroxylation is 1. The SMILES string of the molecule is Cn1nccc1CCNCCCCCCI. The molecule has 0 saturated heterocycles. The van der Waals surface area contributed by atoms with Crippen molar-refractivity contribution >= 4 is 22.6 Å². The zero-order valence-corrected chi connectivity index (χ0v) is 12.2. The molecule has 3 nitrogen and oxygen atoms in total. The Morgan fingerprint density at radius 2 is 2.06 bits per heavy atom. The minimum atomic E-state index is 1.06. The average Bonchev–Trinajstić information content (AvgIpc) is 2.68. The Kier molecular flexibility index (Phi) is 7.84. The average molecular weight is 335 g/mol. The van der Waals surface area contributed by atoms with Crippen molar-refractivity contribution in [3.8, 4) is 0 Å². The number of halogens is 1. The monoisotopic (exact) mass is 335 g/mol. The quantitative estimate of drug-likeness (QED) is 0.427. The smallest absolute Gasteiger partial charge is 0.0492 e. The predicted octanol–water partition coefficient (Wildman–Crippen LogP) is 2.55. The van der Waals surface area contributed by atoms with Crippen LogP contribution in [0.1, 0.15) is 31.4 Å². The molecule has 0 amide bonds. The Bertz CT molecular complexity index is 273. The molecular weight excluding hydrogens is 313 g/mol. The van der Waals surface area contributed by atoms with Crippen molar-refractivity contribution in [2.45, 2.75) is 32.1 Å². The third kappa shape index (κ3) is 5.84. The predicted molar refractivity (Wildman–Crippen MR) is 77.1 cm³/mol. The van der Waals surface area contributed by atoms with Crippen LogP contribution >= 0.6 is 22.6 Å². The molecule has 0 saturated carbocycles. The van der Waals surface area contributed by atoms with E-state index < -0.39 is 0 Å². The fourth-order valence-corrected chi connectivity index (χ4v) is 2.23. The van der Waals surface area contributed by atoms with Crippen LogP contribution in [0.4, 0.5) is 0 Å². The van der Waals surface area contributed by atoms with Crippen LogP contribution < -0.4 is 5.32 Å². The molecule has 4 heteroatoms. The summed E-state index contributed by atoms with van der Waals surface area (Å²) in [6, 6.07) is 2.09. The molecule has 1 aromatic heterocycles. The Hall–Kier alpha value is -0.100. The molecule has 0 aromatic carbocycles. The lowest BCUT2D eigenvalue weighted by atomic mass is 10.2. The van der Waals surface area contributed by atoms with Gasteiger partial charge in [0.1, 0.15) is 0 Å². The first kappa shape index (κ1) is 14.0. The number of unbranched alkanes of at least 4 members (excludes halogenated alkanes) is 3. The lowest BCUT2D eigenvalue weighted by molar-refractivity contribution is 0.590. The lowest BCUT2D eigenvalue weighted by Crippen LogP contribution is -2.19. The fourth-order valence-electron chi connectivity index (χ4n) is 1.69. The molecule has 92 valence electrons. The van der Waals surface area contributed by atoms with E-state index in [1.807, 2.05) is 17.9 Å². The summed E-state index contributed by atoms with van der Waals surface area (Å²) in [5, 5.41) is 7.64. The molecule has 0 spiro atoms. The Balaban J connectivity index is 1.91. The molecule has 0 fully saturated rings. The Morgan fingerprint density at radius 1 is 1.25 bits per heavy atom. The lowest BCUT2D eigenvalue weighted by Gasteiger charge is -2.05. The molecule has 0 bridgehead atoms. The molecule has 1 aromatic rings. The van der Waals surface area contributed by atoms with Gasteiger partial charge in [0, 0.05) is 31.9 Å². The third-order valence-electron chi connectivity index (χ3n) is 2.72. The van der Waals surface area contributed by atoms with E-state index in [0.717, 1.165) is 19.5 Å². The minimum Gasteiger partial charge on any atom is -0.316 e. The highest BCUT2D eigenvalue weighted by molar-refractivity contribution is 14.1. The van der Waals surface area contributed by atoms with Crippen molar-refractivity contribution in [1.29, 1.82) is 0 Å². The molecule has 1 heterocycles. The second-order valence-corrected chi connectivity index (χ2v) is 5.13. The Labute approximate surface area is 112 Å². The van der Waals surface area contributed by atoms with Gasteiger partial charge in [-0.15, -0.1) is 0 Å². The minimum absolute atomic E-state index is 1.06. The summed E-state index contributed by atoms with van der Waals surface area (Å²) in [6.45, 7) is 2.21. The van der Waals surface area contributed by atoms with Gasteiger partial charge in [-0.1, -0.05) is 35.4 Å². The van der Waals surface area contributed by atoms with Gasteiger partial charge in [-0.25, -0.2) is 0 Å². The van der Waals surface area contributed by atoms with Crippen LogP contribution in [0, 0.1) is 0 Å². The van der Waals surface area contributed by atoms with Gasteiger partial charge in [-0.2, -0.15) is 5.10 Å². The van der Waals surface area contributed by atoms with E-state index in [1.54, 1.807) is 0 Å². The number of hydrogen-bond acceptors (Lipinski definition) is 2. The topological polar surface area (TPSA) is 29.9 Å². The number of nitrogens with one attached hydrogen (secondary N) is 1. The largest absolute Gasteiger partial charge is 0.316 e.